The summed E-state index contributed by atoms with van der Waals surface area (Å²) in [7, 11) is 3.33. The summed E-state index contributed by atoms with van der Waals surface area (Å²) in [5.41, 5.74) is 11.4. The van der Waals surface area contributed by atoms with E-state index >= 15 is 0 Å². The Morgan fingerprint density at radius 3 is 2.71 bits per heavy atom. The van der Waals surface area contributed by atoms with Gasteiger partial charge in [-0.25, -0.2) is 9.37 Å². The highest BCUT2D eigenvalue weighted by Crippen LogP contribution is 2.35. The minimum Gasteiger partial charge on any atom is -0.495 e. The first-order valence-electron chi connectivity index (χ1n) is 10.8. The largest absolute Gasteiger partial charge is 0.495 e. The van der Waals surface area contributed by atoms with Gasteiger partial charge >= 0.3 is 0 Å². The number of nitrogens with one attached hydrogen (secondary N) is 3. The summed E-state index contributed by atoms with van der Waals surface area (Å²) >= 11 is 5.99. The van der Waals surface area contributed by atoms with Gasteiger partial charge in [-0.3, -0.25) is 10.7 Å². The Bertz CT molecular complexity index is 1290. The number of imidazole rings is 1. The van der Waals surface area contributed by atoms with Gasteiger partial charge in [0.15, 0.2) is 5.79 Å². The van der Waals surface area contributed by atoms with Crippen molar-refractivity contribution in [3.8, 4) is 11.4 Å². The Hall–Kier alpha value is -3.40. The Labute approximate surface area is 201 Å². The molecule has 10 heteroatoms. The standard InChI is InChI=1S/C24H25ClFN7O/c1-28-23-18-11-29-10-17(14-3-6-16(26)7-4-14)22(18)31-24(27,32-23)15-5-8-19(20(9-15)34-2)33-12-21(25)30-13-33/h3-9,12-13,17,29,31H,10-11,27H2,1-2H3,(H,28,32). The van der Waals surface area contributed by atoms with Gasteiger partial charge in [-0.2, -0.15) is 0 Å². The number of nitrogens with two attached hydrogens (primary N) is 1. The van der Waals surface area contributed by atoms with E-state index in [-0.39, 0.29) is 11.7 Å². The molecule has 1 aromatic heterocycles. The second-order valence-corrected chi connectivity index (χ2v) is 8.64. The number of nitrogens with zero attached hydrogens (tertiary/aromatic N) is 3. The molecule has 5 rings (SSSR count). The van der Waals surface area contributed by atoms with Crippen LogP contribution in [-0.2, 0) is 5.79 Å². The molecule has 0 saturated heterocycles. The Morgan fingerprint density at radius 1 is 1.24 bits per heavy atom. The van der Waals surface area contributed by atoms with E-state index in [1.807, 2.05) is 18.2 Å². The molecular formula is C24H25ClFN7O. The predicted molar refractivity (Wildman–Crippen MR) is 130 cm³/mol. The first kappa shape index (κ1) is 22.4. The van der Waals surface area contributed by atoms with Gasteiger partial charge < -0.3 is 25.3 Å². The van der Waals surface area contributed by atoms with Crippen molar-refractivity contribution in [3.05, 3.63) is 88.4 Å². The van der Waals surface area contributed by atoms with Crippen LogP contribution in [-0.4, -0.2) is 42.6 Å². The summed E-state index contributed by atoms with van der Waals surface area (Å²) < 4.78 is 21.0. The zero-order valence-corrected chi connectivity index (χ0v) is 19.5. The maximum atomic E-state index is 13.6. The SMILES string of the molecule is CN=C1NC(N)(c2ccc(-n3cnc(Cl)c3)c(OC)c2)NC2=C1CNCC2c1ccc(F)cc1. The third-order valence-corrected chi connectivity index (χ3v) is 6.41. The summed E-state index contributed by atoms with van der Waals surface area (Å²) in [5, 5.41) is 10.7. The summed E-state index contributed by atoms with van der Waals surface area (Å²) in [6.07, 6.45) is 3.33. The fraction of sp³-hybridized carbons (Fsp3) is 0.250. The van der Waals surface area contributed by atoms with Crippen molar-refractivity contribution in [1.29, 1.82) is 0 Å². The highest BCUT2D eigenvalue weighted by Gasteiger charge is 2.40. The average molecular weight is 482 g/mol. The third kappa shape index (κ3) is 3.91. The first-order chi connectivity index (χ1) is 16.4. The molecule has 0 radical (unpaired) electrons. The highest BCUT2D eigenvalue weighted by molar-refractivity contribution is 6.29. The lowest BCUT2D eigenvalue weighted by atomic mass is 9.86. The van der Waals surface area contributed by atoms with Crippen LogP contribution in [0.2, 0.25) is 5.15 Å². The van der Waals surface area contributed by atoms with Crippen LogP contribution >= 0.6 is 11.6 Å². The first-order valence-corrected chi connectivity index (χ1v) is 11.2. The number of benzene rings is 2. The second kappa shape index (κ2) is 8.75. The van der Waals surface area contributed by atoms with Gasteiger partial charge in [0, 0.05) is 49.1 Å². The van der Waals surface area contributed by atoms with Gasteiger partial charge in [0.25, 0.3) is 0 Å². The summed E-state index contributed by atoms with van der Waals surface area (Å²) in [6, 6.07) is 12.2. The van der Waals surface area contributed by atoms with Gasteiger partial charge in [-0.1, -0.05) is 29.8 Å². The number of halogens is 2. The summed E-state index contributed by atoms with van der Waals surface area (Å²) in [5.74, 6) is -0.160. The number of methoxy groups -OCH3 is 1. The number of hydrogen-bond donors (Lipinski definition) is 4. The van der Waals surface area contributed by atoms with Gasteiger partial charge in [0.2, 0.25) is 0 Å². The van der Waals surface area contributed by atoms with Crippen molar-refractivity contribution in [1.82, 2.24) is 25.5 Å². The van der Waals surface area contributed by atoms with Gasteiger partial charge in [0.1, 0.15) is 28.9 Å². The molecule has 0 saturated carbocycles. The maximum Gasteiger partial charge on any atom is 0.190 e. The van der Waals surface area contributed by atoms with Crippen LogP contribution in [0.1, 0.15) is 17.0 Å². The summed E-state index contributed by atoms with van der Waals surface area (Å²) in [6.45, 7) is 1.33. The molecule has 3 aromatic rings. The van der Waals surface area contributed by atoms with E-state index in [2.05, 4.69) is 25.9 Å². The van der Waals surface area contributed by atoms with Crippen LogP contribution in [0.3, 0.4) is 0 Å². The number of amidine groups is 1. The van der Waals surface area contributed by atoms with Crippen LogP contribution in [0.15, 0.2) is 71.3 Å². The average Bonchev–Trinajstić information content (AvgIpc) is 3.29. The van der Waals surface area contributed by atoms with Crippen LogP contribution in [0.25, 0.3) is 5.69 Å². The Morgan fingerprint density at radius 2 is 2.03 bits per heavy atom. The molecule has 34 heavy (non-hydrogen) atoms. The van der Waals surface area contributed by atoms with Crippen molar-refractivity contribution >= 4 is 17.4 Å². The van der Waals surface area contributed by atoms with Gasteiger partial charge in [-0.05, 0) is 29.8 Å². The molecule has 0 fully saturated rings. The third-order valence-electron chi connectivity index (χ3n) is 6.22. The Kier molecular flexibility index (Phi) is 5.76. The molecule has 2 aliphatic rings. The van der Waals surface area contributed by atoms with E-state index in [1.165, 1.54) is 12.1 Å². The van der Waals surface area contributed by atoms with Crippen LogP contribution in [0.5, 0.6) is 5.75 Å². The zero-order valence-electron chi connectivity index (χ0n) is 18.8. The molecule has 0 aliphatic carbocycles. The lowest BCUT2D eigenvalue weighted by Gasteiger charge is -2.44. The fourth-order valence-corrected chi connectivity index (χ4v) is 4.66. The predicted octanol–water partition coefficient (Wildman–Crippen LogP) is 2.60. The zero-order chi connectivity index (χ0) is 23.9. The minimum absolute atomic E-state index is 0.0413. The number of aromatic nitrogens is 2. The quantitative estimate of drug-likeness (QED) is 0.457. The van der Waals surface area contributed by atoms with E-state index in [9.17, 15) is 4.39 Å². The normalized spacial score (nSPS) is 23.3. The van der Waals surface area contributed by atoms with Crippen molar-refractivity contribution in [2.24, 2.45) is 10.7 Å². The second-order valence-electron chi connectivity index (χ2n) is 8.25. The summed E-state index contributed by atoms with van der Waals surface area (Å²) in [4.78, 5) is 8.55. The molecule has 2 aromatic carbocycles. The van der Waals surface area contributed by atoms with Gasteiger partial charge in [0.05, 0.1) is 12.8 Å². The molecule has 2 aliphatic heterocycles. The molecular weight excluding hydrogens is 457 g/mol. The number of rotatable bonds is 4. The van der Waals surface area contributed by atoms with E-state index < -0.39 is 5.79 Å². The number of ether oxygens (including phenoxy) is 1. The fourth-order valence-electron chi connectivity index (χ4n) is 4.51. The highest BCUT2D eigenvalue weighted by atomic mass is 35.5. The number of aliphatic imine (C=N–C) groups is 1. The molecule has 176 valence electrons. The van der Waals surface area contributed by atoms with Crippen molar-refractivity contribution in [3.63, 3.8) is 0 Å². The van der Waals surface area contributed by atoms with E-state index in [0.717, 1.165) is 28.1 Å². The maximum absolute atomic E-state index is 13.6. The molecule has 2 unspecified atom stereocenters. The van der Waals surface area contributed by atoms with E-state index in [1.54, 1.807) is 43.4 Å². The minimum atomic E-state index is -1.15. The lowest BCUT2D eigenvalue weighted by molar-refractivity contribution is 0.316. The van der Waals surface area contributed by atoms with Crippen LogP contribution in [0, 0.1) is 5.82 Å². The molecule has 2 atom stereocenters. The Balaban J connectivity index is 1.55. The molecule has 3 heterocycles. The smallest absolute Gasteiger partial charge is 0.190 e. The van der Waals surface area contributed by atoms with Crippen molar-refractivity contribution < 1.29 is 9.13 Å². The molecule has 8 nitrogen and oxygen atoms in total. The van der Waals surface area contributed by atoms with Crippen LogP contribution < -0.4 is 26.4 Å². The van der Waals surface area contributed by atoms with E-state index in [0.29, 0.717) is 29.8 Å². The monoisotopic (exact) mass is 481 g/mol. The van der Waals surface area contributed by atoms with Crippen molar-refractivity contribution in [2.45, 2.75) is 11.7 Å². The number of hydrogen-bond acceptors (Lipinski definition) is 6. The van der Waals surface area contributed by atoms with Gasteiger partial charge in [-0.15, -0.1) is 0 Å². The molecule has 0 bridgehead atoms. The molecule has 0 amide bonds. The van der Waals surface area contributed by atoms with E-state index in [4.69, 9.17) is 22.1 Å². The topological polar surface area (TPSA) is 102 Å². The van der Waals surface area contributed by atoms with Crippen molar-refractivity contribution in [2.75, 3.05) is 27.2 Å². The lowest BCUT2D eigenvalue weighted by Crippen LogP contribution is -2.67. The molecule has 0 spiro atoms. The molecule has 5 N–H and O–H groups in total. The van der Waals surface area contributed by atoms with Crippen LogP contribution in [0.4, 0.5) is 4.39 Å².